The van der Waals surface area contributed by atoms with Crippen molar-refractivity contribution in [1.29, 1.82) is 0 Å². The molecule has 0 aromatic heterocycles. The molecule has 0 saturated carbocycles. The van der Waals surface area contributed by atoms with E-state index >= 15 is 0 Å². The van der Waals surface area contributed by atoms with E-state index in [1.54, 1.807) is 30.3 Å². The van der Waals surface area contributed by atoms with Crippen LogP contribution in [-0.4, -0.2) is 65.7 Å². The number of amides is 2. The van der Waals surface area contributed by atoms with Gasteiger partial charge in [0.05, 0.1) is 5.56 Å². The molecule has 252 valence electrons. The molecule has 4 aromatic rings. The molecule has 0 aliphatic rings. The summed E-state index contributed by atoms with van der Waals surface area (Å²) in [6.07, 6.45) is -4.86. The Hall–Kier alpha value is -5.76. The molecule has 0 fully saturated rings. The van der Waals surface area contributed by atoms with Crippen LogP contribution >= 0.6 is 0 Å². The van der Waals surface area contributed by atoms with Gasteiger partial charge in [-0.05, 0) is 34.0 Å². The minimum Gasteiger partial charge on any atom is -0.542 e. The molecule has 0 radical (unpaired) electrons. The summed E-state index contributed by atoms with van der Waals surface area (Å²) in [5, 5.41) is 25.7. The molecular formula is C34H32F3N3O8. The summed E-state index contributed by atoms with van der Waals surface area (Å²) in [4.78, 5) is 59.9. The number of ether oxygens (including phenoxy) is 1. The smallest absolute Gasteiger partial charge is 0.430 e. The second-order valence-corrected chi connectivity index (χ2v) is 10.4. The van der Waals surface area contributed by atoms with Gasteiger partial charge in [-0.3, -0.25) is 9.59 Å². The third kappa shape index (κ3) is 11.2. The number of carboxylic acids is 2. The zero-order valence-corrected chi connectivity index (χ0v) is 25.3. The first kappa shape index (κ1) is 36.7. The van der Waals surface area contributed by atoms with Gasteiger partial charge >= 0.3 is 18.1 Å². The lowest BCUT2D eigenvalue weighted by atomic mass is 9.98. The number of hydrogen-bond donors (Lipinski definition) is 4. The maximum absolute atomic E-state index is 13.4. The van der Waals surface area contributed by atoms with Gasteiger partial charge in [-0.2, -0.15) is 13.2 Å². The second kappa shape index (κ2) is 17.2. The number of esters is 1. The number of rotatable bonds is 12. The Morgan fingerprint density at radius 1 is 0.750 bits per heavy atom. The first-order chi connectivity index (χ1) is 22.8. The van der Waals surface area contributed by atoms with Crippen molar-refractivity contribution in [3.63, 3.8) is 0 Å². The SMILES string of the molecule is O=C([O-])C(F)(F)F.[NH3+][C@@H](Cc1ccccc1)C(=O)N[C@@H](COC(=O)c1ccccc1)C(=O)N[C@@H](Cc1cccc2ccccc12)C(=O)O. The van der Waals surface area contributed by atoms with E-state index in [-0.39, 0.29) is 12.0 Å². The minimum atomic E-state index is -5.19. The number of aliphatic carboxylic acids is 2. The number of hydrogen-bond acceptors (Lipinski definition) is 7. The molecule has 4 rings (SSSR count). The van der Waals surface area contributed by atoms with Crippen molar-refractivity contribution < 1.29 is 57.8 Å². The van der Waals surface area contributed by atoms with E-state index < -0.39 is 60.6 Å². The lowest BCUT2D eigenvalue weighted by Crippen LogP contribution is -2.70. The van der Waals surface area contributed by atoms with Crippen molar-refractivity contribution >= 4 is 40.5 Å². The Kier molecular flexibility index (Phi) is 13.2. The predicted molar refractivity (Wildman–Crippen MR) is 164 cm³/mol. The third-order valence-corrected chi connectivity index (χ3v) is 6.87. The Morgan fingerprint density at radius 2 is 1.29 bits per heavy atom. The van der Waals surface area contributed by atoms with Crippen LogP contribution < -0.4 is 21.5 Å². The quantitative estimate of drug-likeness (QED) is 0.163. The van der Waals surface area contributed by atoms with Gasteiger partial charge in [-0.15, -0.1) is 0 Å². The first-order valence-electron chi connectivity index (χ1n) is 14.4. The highest BCUT2D eigenvalue weighted by atomic mass is 19.4. The number of halogens is 3. The highest BCUT2D eigenvalue weighted by molar-refractivity contribution is 5.93. The van der Waals surface area contributed by atoms with Crippen molar-refractivity contribution in [3.8, 4) is 0 Å². The molecule has 11 nitrogen and oxygen atoms in total. The monoisotopic (exact) mass is 667 g/mol. The van der Waals surface area contributed by atoms with Crippen molar-refractivity contribution in [2.45, 2.75) is 37.1 Å². The number of carbonyl (C=O) groups excluding carboxylic acids is 4. The van der Waals surface area contributed by atoms with Crippen molar-refractivity contribution in [2.75, 3.05) is 6.61 Å². The highest BCUT2D eigenvalue weighted by Gasteiger charge is 2.31. The van der Waals surface area contributed by atoms with E-state index in [0.717, 1.165) is 21.9 Å². The van der Waals surface area contributed by atoms with Crippen LogP contribution in [0.15, 0.2) is 103 Å². The molecule has 2 amide bonds. The van der Waals surface area contributed by atoms with Crippen LogP contribution in [0.4, 0.5) is 13.2 Å². The third-order valence-electron chi connectivity index (χ3n) is 6.87. The van der Waals surface area contributed by atoms with Gasteiger partial charge in [-0.25, -0.2) is 9.59 Å². The van der Waals surface area contributed by atoms with E-state index in [4.69, 9.17) is 14.6 Å². The molecule has 0 aliphatic heterocycles. The average Bonchev–Trinajstić information content (AvgIpc) is 3.06. The maximum atomic E-state index is 13.4. The number of quaternary nitrogens is 1. The Morgan fingerprint density at radius 3 is 1.90 bits per heavy atom. The second-order valence-electron chi connectivity index (χ2n) is 10.4. The van der Waals surface area contributed by atoms with E-state index in [1.165, 1.54) is 0 Å². The van der Waals surface area contributed by atoms with Crippen LogP contribution in [0.3, 0.4) is 0 Å². The Balaban J connectivity index is 0.000000804. The number of benzene rings is 4. The predicted octanol–water partition coefficient (Wildman–Crippen LogP) is 1.45. The number of alkyl halides is 3. The van der Waals surface area contributed by atoms with Gasteiger partial charge in [0.15, 0.2) is 6.04 Å². The van der Waals surface area contributed by atoms with E-state index in [0.29, 0.717) is 6.42 Å². The summed E-state index contributed by atoms with van der Waals surface area (Å²) >= 11 is 0. The van der Waals surface area contributed by atoms with Crippen LogP contribution in [0.25, 0.3) is 10.8 Å². The number of fused-ring (bicyclic) bond motifs is 1. The number of carbonyl (C=O) groups is 5. The van der Waals surface area contributed by atoms with Gasteiger partial charge in [0.1, 0.15) is 24.7 Å². The molecule has 14 heteroatoms. The number of carboxylic acid groups (broad SMARTS) is 2. The van der Waals surface area contributed by atoms with Crippen molar-refractivity contribution in [2.24, 2.45) is 0 Å². The topological polar surface area (TPSA) is 190 Å². The van der Waals surface area contributed by atoms with Crippen LogP contribution in [0.1, 0.15) is 21.5 Å². The molecule has 0 saturated heterocycles. The summed E-state index contributed by atoms with van der Waals surface area (Å²) < 4.78 is 36.9. The normalized spacial score (nSPS) is 12.8. The maximum Gasteiger partial charge on any atom is 0.430 e. The molecule has 0 unspecified atom stereocenters. The Labute approximate surface area is 272 Å². The largest absolute Gasteiger partial charge is 0.542 e. The van der Waals surface area contributed by atoms with Crippen LogP contribution in [0.2, 0.25) is 0 Å². The molecule has 3 atom stereocenters. The lowest BCUT2D eigenvalue weighted by Gasteiger charge is -2.22. The van der Waals surface area contributed by atoms with E-state index in [2.05, 4.69) is 16.4 Å². The van der Waals surface area contributed by atoms with Gasteiger partial charge < -0.3 is 36.1 Å². The van der Waals surface area contributed by atoms with Gasteiger partial charge in [0.2, 0.25) is 5.91 Å². The fourth-order valence-corrected chi connectivity index (χ4v) is 4.44. The van der Waals surface area contributed by atoms with Gasteiger partial charge in [0, 0.05) is 12.8 Å². The Bertz CT molecular complexity index is 1710. The summed E-state index contributed by atoms with van der Waals surface area (Å²) in [5.41, 5.74) is 5.82. The van der Waals surface area contributed by atoms with Crippen LogP contribution in [-0.2, 0) is 36.8 Å². The molecular weight excluding hydrogens is 635 g/mol. The first-order valence-corrected chi connectivity index (χ1v) is 14.4. The molecule has 0 heterocycles. The molecule has 0 aliphatic carbocycles. The van der Waals surface area contributed by atoms with Gasteiger partial charge in [0.25, 0.3) is 5.91 Å². The summed E-state index contributed by atoms with van der Waals surface area (Å²) in [7, 11) is 0. The highest BCUT2D eigenvalue weighted by Crippen LogP contribution is 2.20. The summed E-state index contributed by atoms with van der Waals surface area (Å²) in [5.74, 6) is -6.26. The van der Waals surface area contributed by atoms with Crippen LogP contribution in [0.5, 0.6) is 0 Å². The molecule has 6 N–H and O–H groups in total. The van der Waals surface area contributed by atoms with Crippen LogP contribution in [0, 0.1) is 0 Å². The number of nitrogens with one attached hydrogen (secondary N) is 2. The summed E-state index contributed by atoms with van der Waals surface area (Å²) in [6, 6.07) is 27.2. The molecule has 48 heavy (non-hydrogen) atoms. The van der Waals surface area contributed by atoms with Crippen molar-refractivity contribution in [3.05, 3.63) is 120 Å². The molecule has 0 bridgehead atoms. The van der Waals surface area contributed by atoms with E-state index in [1.807, 2.05) is 72.8 Å². The fraction of sp³-hybridized carbons (Fsp3) is 0.206. The minimum absolute atomic E-state index is 0.0128. The lowest BCUT2D eigenvalue weighted by molar-refractivity contribution is -0.403. The standard InChI is InChI=1S/C32H31N3O6.C2HF3O2/c33-26(18-21-10-3-1-4-11-21)29(36)35-28(20-41-32(40)23-13-5-2-6-14-23)30(37)34-27(31(38)39)19-24-16-9-15-22-12-7-8-17-25(22)24;3-2(4,5)1(6)7/h1-17,26-28H,18-20,33H2,(H,34,37)(H,35,36)(H,38,39);(H,6,7)/t26-,27-,28-;/m0./s1. The molecule has 4 aromatic carbocycles. The van der Waals surface area contributed by atoms with E-state index in [9.17, 15) is 37.5 Å². The molecule has 0 spiro atoms. The zero-order valence-electron chi connectivity index (χ0n) is 25.3. The fourth-order valence-electron chi connectivity index (χ4n) is 4.44. The zero-order chi connectivity index (χ0) is 35.3. The average molecular weight is 668 g/mol. The van der Waals surface area contributed by atoms with Gasteiger partial charge in [-0.1, -0.05) is 91.0 Å². The summed E-state index contributed by atoms with van der Waals surface area (Å²) in [6.45, 7) is -0.496. The van der Waals surface area contributed by atoms with Crippen molar-refractivity contribution in [1.82, 2.24) is 10.6 Å².